The molecule has 0 bridgehead atoms. The van der Waals surface area contributed by atoms with Gasteiger partial charge in [0.15, 0.2) is 0 Å². The summed E-state index contributed by atoms with van der Waals surface area (Å²) in [6.45, 7) is 1.64. The standard InChI is InChI=1S/C10H14BrNO2/c1-10(12,6-13)8-5-7(11)3-4-9(8)14-2/h3-5,13H,6,12H2,1-2H3/t10-/m0/s1. The number of aliphatic hydroxyl groups excluding tert-OH is 1. The third-order valence-electron chi connectivity index (χ3n) is 2.11. The summed E-state index contributed by atoms with van der Waals surface area (Å²) >= 11 is 3.35. The molecule has 78 valence electrons. The summed E-state index contributed by atoms with van der Waals surface area (Å²) in [5.74, 6) is 0.687. The molecule has 1 rings (SSSR count). The maximum absolute atomic E-state index is 9.16. The lowest BCUT2D eigenvalue weighted by molar-refractivity contribution is 0.206. The lowest BCUT2D eigenvalue weighted by Crippen LogP contribution is -2.37. The molecule has 1 aromatic carbocycles. The van der Waals surface area contributed by atoms with Crippen LogP contribution in [-0.2, 0) is 5.54 Å². The summed E-state index contributed by atoms with van der Waals surface area (Å²) in [7, 11) is 1.58. The number of benzene rings is 1. The molecule has 0 aromatic heterocycles. The molecule has 0 saturated carbocycles. The summed E-state index contributed by atoms with van der Waals surface area (Å²) in [6, 6.07) is 5.55. The minimum absolute atomic E-state index is 0.125. The Labute approximate surface area is 92.0 Å². The first-order valence-electron chi connectivity index (χ1n) is 4.25. The van der Waals surface area contributed by atoms with Crippen molar-refractivity contribution in [2.24, 2.45) is 5.73 Å². The Morgan fingerprint density at radius 1 is 1.57 bits per heavy atom. The van der Waals surface area contributed by atoms with Gasteiger partial charge in [0.05, 0.1) is 19.3 Å². The van der Waals surface area contributed by atoms with Gasteiger partial charge in [0.25, 0.3) is 0 Å². The maximum Gasteiger partial charge on any atom is 0.124 e. The zero-order valence-corrected chi connectivity index (χ0v) is 9.84. The van der Waals surface area contributed by atoms with Crippen LogP contribution in [0.1, 0.15) is 12.5 Å². The van der Waals surface area contributed by atoms with E-state index in [2.05, 4.69) is 15.9 Å². The number of aliphatic hydroxyl groups is 1. The van der Waals surface area contributed by atoms with Gasteiger partial charge >= 0.3 is 0 Å². The predicted molar refractivity (Wildman–Crippen MR) is 59.3 cm³/mol. The first-order chi connectivity index (χ1) is 6.51. The van der Waals surface area contributed by atoms with Gasteiger partial charge in [-0.3, -0.25) is 0 Å². The Morgan fingerprint density at radius 2 is 2.21 bits per heavy atom. The fourth-order valence-corrected chi connectivity index (χ4v) is 1.57. The normalized spacial score (nSPS) is 14.9. The highest BCUT2D eigenvalue weighted by molar-refractivity contribution is 9.10. The summed E-state index contributed by atoms with van der Waals surface area (Å²) in [5, 5.41) is 9.16. The molecule has 0 aliphatic heterocycles. The van der Waals surface area contributed by atoms with Crippen molar-refractivity contribution in [3.63, 3.8) is 0 Å². The van der Waals surface area contributed by atoms with Crippen LogP contribution in [0.15, 0.2) is 22.7 Å². The van der Waals surface area contributed by atoms with Crippen molar-refractivity contribution in [1.82, 2.24) is 0 Å². The number of rotatable bonds is 3. The second-order valence-electron chi connectivity index (χ2n) is 3.42. The molecule has 0 aliphatic carbocycles. The molecular formula is C10H14BrNO2. The summed E-state index contributed by atoms with van der Waals surface area (Å²) in [4.78, 5) is 0. The molecule has 1 aromatic rings. The van der Waals surface area contributed by atoms with E-state index in [0.717, 1.165) is 10.0 Å². The van der Waals surface area contributed by atoms with Gasteiger partial charge in [-0.2, -0.15) is 0 Å². The zero-order valence-electron chi connectivity index (χ0n) is 8.25. The topological polar surface area (TPSA) is 55.5 Å². The molecule has 0 spiro atoms. The highest BCUT2D eigenvalue weighted by Crippen LogP contribution is 2.30. The molecule has 0 saturated heterocycles. The van der Waals surface area contributed by atoms with Crippen molar-refractivity contribution in [3.05, 3.63) is 28.2 Å². The molecule has 0 fully saturated rings. The van der Waals surface area contributed by atoms with E-state index in [1.165, 1.54) is 0 Å². The largest absolute Gasteiger partial charge is 0.496 e. The van der Waals surface area contributed by atoms with E-state index >= 15 is 0 Å². The average Bonchev–Trinajstić information content (AvgIpc) is 2.18. The highest BCUT2D eigenvalue weighted by atomic mass is 79.9. The van der Waals surface area contributed by atoms with Gasteiger partial charge in [-0.25, -0.2) is 0 Å². The van der Waals surface area contributed by atoms with Crippen LogP contribution in [0.3, 0.4) is 0 Å². The lowest BCUT2D eigenvalue weighted by atomic mass is 9.93. The SMILES string of the molecule is COc1ccc(Br)cc1[C@@](C)(N)CO. The van der Waals surface area contributed by atoms with Crippen LogP contribution in [0, 0.1) is 0 Å². The Bertz CT molecular complexity index is 326. The number of nitrogens with two attached hydrogens (primary N) is 1. The van der Waals surface area contributed by atoms with E-state index in [4.69, 9.17) is 15.6 Å². The molecule has 3 nitrogen and oxygen atoms in total. The van der Waals surface area contributed by atoms with E-state index in [1.54, 1.807) is 14.0 Å². The molecule has 0 aliphatic rings. The highest BCUT2D eigenvalue weighted by Gasteiger charge is 2.24. The van der Waals surface area contributed by atoms with Gasteiger partial charge in [-0.05, 0) is 25.1 Å². The Balaban J connectivity index is 3.23. The Hall–Kier alpha value is -0.580. The summed E-state index contributed by atoms with van der Waals surface area (Å²) in [6.07, 6.45) is 0. The van der Waals surface area contributed by atoms with Gasteiger partial charge < -0.3 is 15.6 Å². The first kappa shape index (κ1) is 11.5. The van der Waals surface area contributed by atoms with Crippen molar-refractivity contribution < 1.29 is 9.84 Å². The number of methoxy groups -OCH3 is 1. The summed E-state index contributed by atoms with van der Waals surface area (Å²) in [5.41, 5.74) is 5.94. The molecule has 0 unspecified atom stereocenters. The van der Waals surface area contributed by atoms with Crippen LogP contribution in [0.5, 0.6) is 5.75 Å². The lowest BCUT2D eigenvalue weighted by Gasteiger charge is -2.24. The predicted octanol–water partition coefficient (Wildman–Crippen LogP) is 1.62. The molecule has 0 radical (unpaired) electrons. The van der Waals surface area contributed by atoms with E-state index in [-0.39, 0.29) is 6.61 Å². The molecule has 4 heteroatoms. The van der Waals surface area contributed by atoms with Crippen LogP contribution in [0.4, 0.5) is 0 Å². The molecule has 3 N–H and O–H groups in total. The van der Waals surface area contributed by atoms with Crippen molar-refractivity contribution in [1.29, 1.82) is 0 Å². The molecule has 0 amide bonds. The fourth-order valence-electron chi connectivity index (χ4n) is 1.21. The van der Waals surface area contributed by atoms with E-state index in [0.29, 0.717) is 5.75 Å². The first-order valence-corrected chi connectivity index (χ1v) is 5.04. The van der Waals surface area contributed by atoms with Crippen molar-refractivity contribution in [2.75, 3.05) is 13.7 Å². The van der Waals surface area contributed by atoms with Gasteiger partial charge in [0.1, 0.15) is 5.75 Å². The van der Waals surface area contributed by atoms with Gasteiger partial charge in [0, 0.05) is 10.0 Å². The van der Waals surface area contributed by atoms with Crippen LogP contribution >= 0.6 is 15.9 Å². The minimum Gasteiger partial charge on any atom is -0.496 e. The van der Waals surface area contributed by atoms with E-state index in [1.807, 2.05) is 18.2 Å². The second-order valence-corrected chi connectivity index (χ2v) is 4.34. The Kier molecular flexibility index (Phi) is 3.53. The van der Waals surface area contributed by atoms with Crippen LogP contribution in [0.25, 0.3) is 0 Å². The number of ether oxygens (including phenoxy) is 1. The third-order valence-corrected chi connectivity index (χ3v) is 2.60. The van der Waals surface area contributed by atoms with Gasteiger partial charge in [-0.1, -0.05) is 15.9 Å². The van der Waals surface area contributed by atoms with E-state index < -0.39 is 5.54 Å². The van der Waals surface area contributed by atoms with Gasteiger partial charge in [-0.15, -0.1) is 0 Å². The molecule has 0 heterocycles. The number of hydrogen-bond acceptors (Lipinski definition) is 3. The Morgan fingerprint density at radius 3 is 2.71 bits per heavy atom. The van der Waals surface area contributed by atoms with Crippen LogP contribution < -0.4 is 10.5 Å². The van der Waals surface area contributed by atoms with E-state index in [9.17, 15) is 0 Å². The number of hydrogen-bond donors (Lipinski definition) is 2. The molecule has 14 heavy (non-hydrogen) atoms. The van der Waals surface area contributed by atoms with Gasteiger partial charge in [0.2, 0.25) is 0 Å². The fraction of sp³-hybridized carbons (Fsp3) is 0.400. The second kappa shape index (κ2) is 4.29. The average molecular weight is 260 g/mol. The van der Waals surface area contributed by atoms with Crippen LogP contribution in [-0.4, -0.2) is 18.8 Å². The monoisotopic (exact) mass is 259 g/mol. The maximum atomic E-state index is 9.16. The third kappa shape index (κ3) is 2.26. The molecular weight excluding hydrogens is 246 g/mol. The molecule has 1 atom stereocenters. The van der Waals surface area contributed by atoms with Crippen molar-refractivity contribution >= 4 is 15.9 Å². The van der Waals surface area contributed by atoms with Crippen molar-refractivity contribution in [3.8, 4) is 5.75 Å². The number of halogens is 1. The zero-order chi connectivity index (χ0) is 10.8. The summed E-state index contributed by atoms with van der Waals surface area (Å²) < 4.78 is 6.09. The van der Waals surface area contributed by atoms with Crippen LogP contribution in [0.2, 0.25) is 0 Å². The van der Waals surface area contributed by atoms with Crippen molar-refractivity contribution in [2.45, 2.75) is 12.5 Å². The quantitative estimate of drug-likeness (QED) is 0.868. The minimum atomic E-state index is -0.783. The smallest absolute Gasteiger partial charge is 0.124 e.